The van der Waals surface area contributed by atoms with Crippen molar-refractivity contribution in [2.75, 3.05) is 19.0 Å². The molecule has 0 aromatic heterocycles. The lowest BCUT2D eigenvalue weighted by Gasteiger charge is -2.12. The molecule has 0 saturated heterocycles. The molecule has 0 radical (unpaired) electrons. The van der Waals surface area contributed by atoms with Crippen molar-refractivity contribution in [3.8, 4) is 0 Å². The van der Waals surface area contributed by atoms with Crippen LogP contribution in [0.15, 0.2) is 77.7 Å². The summed E-state index contributed by atoms with van der Waals surface area (Å²) in [5, 5.41) is 11.6. The fourth-order valence-corrected chi connectivity index (χ4v) is 3.92. The highest BCUT2D eigenvalue weighted by molar-refractivity contribution is 8.03. The number of ketones is 1. The number of non-ortho nitro benzene ring substituents is 1. The molecule has 0 spiro atoms. The molecule has 0 unspecified atom stereocenters. The number of Topliss-reactive ketones (excluding diaryl/α,β-unsaturated/α-hetero) is 1. The Kier molecular flexibility index (Phi) is 7.50. The fourth-order valence-electron chi connectivity index (χ4n) is 2.81. The Morgan fingerprint density at radius 2 is 1.61 bits per heavy atom. The zero-order valence-corrected chi connectivity index (χ0v) is 18.7. The van der Waals surface area contributed by atoms with Crippen LogP contribution in [0.3, 0.4) is 0 Å². The topological polar surface area (TPSA) is 63.5 Å². The van der Waals surface area contributed by atoms with Gasteiger partial charge >= 0.3 is 0 Å². The van der Waals surface area contributed by atoms with Crippen molar-refractivity contribution in [3.63, 3.8) is 0 Å². The zero-order valence-electron chi connectivity index (χ0n) is 17.1. The molecule has 0 heterocycles. The number of allylic oxidation sites excluding steroid dienone is 1. The van der Waals surface area contributed by atoms with E-state index in [4.69, 9.17) is 11.6 Å². The van der Waals surface area contributed by atoms with E-state index >= 15 is 0 Å². The Labute approximate surface area is 190 Å². The van der Waals surface area contributed by atoms with Gasteiger partial charge in [0.1, 0.15) is 0 Å². The largest absolute Gasteiger partial charge is 0.378 e. The van der Waals surface area contributed by atoms with Gasteiger partial charge in [-0.1, -0.05) is 35.9 Å². The van der Waals surface area contributed by atoms with Crippen molar-refractivity contribution in [3.05, 3.63) is 110 Å². The van der Waals surface area contributed by atoms with Crippen LogP contribution in [-0.2, 0) is 5.75 Å². The summed E-state index contributed by atoms with van der Waals surface area (Å²) in [5.41, 5.74) is 3.37. The smallest absolute Gasteiger partial charge is 0.269 e. The first-order chi connectivity index (χ1) is 14.8. The van der Waals surface area contributed by atoms with E-state index in [2.05, 4.69) is 0 Å². The molecule has 3 rings (SSSR count). The molecule has 0 saturated carbocycles. The van der Waals surface area contributed by atoms with Crippen molar-refractivity contribution in [1.82, 2.24) is 0 Å². The van der Waals surface area contributed by atoms with E-state index in [0.717, 1.165) is 16.8 Å². The van der Waals surface area contributed by atoms with E-state index in [1.165, 1.54) is 36.0 Å². The third-order valence-electron chi connectivity index (χ3n) is 4.58. The van der Waals surface area contributed by atoms with Crippen LogP contribution < -0.4 is 4.90 Å². The van der Waals surface area contributed by atoms with E-state index in [0.29, 0.717) is 21.2 Å². The minimum absolute atomic E-state index is 0.0461. The van der Waals surface area contributed by atoms with Crippen LogP contribution in [0.4, 0.5) is 11.4 Å². The molecule has 7 heteroatoms. The Hall–Kier alpha value is -3.09. The third-order valence-corrected chi connectivity index (χ3v) is 5.92. The number of benzene rings is 3. The van der Waals surface area contributed by atoms with E-state index in [1.807, 2.05) is 73.6 Å². The summed E-state index contributed by atoms with van der Waals surface area (Å²) in [6.45, 7) is 0. The molecule has 0 fully saturated rings. The number of carbonyl (C=O) groups is 1. The molecule has 0 aliphatic heterocycles. The Morgan fingerprint density at radius 1 is 1.00 bits per heavy atom. The van der Waals surface area contributed by atoms with Gasteiger partial charge in [-0.25, -0.2) is 0 Å². The average molecular weight is 453 g/mol. The maximum absolute atomic E-state index is 13.2. The minimum atomic E-state index is -0.480. The molecular weight excluding hydrogens is 432 g/mol. The van der Waals surface area contributed by atoms with Crippen molar-refractivity contribution in [1.29, 1.82) is 0 Å². The number of halogens is 1. The molecule has 3 aromatic carbocycles. The summed E-state index contributed by atoms with van der Waals surface area (Å²) in [4.78, 5) is 26.2. The number of nitrogens with zero attached hydrogens (tertiary/aromatic N) is 2. The first kappa shape index (κ1) is 22.6. The van der Waals surface area contributed by atoms with Gasteiger partial charge < -0.3 is 4.90 Å². The molecular formula is C24H21ClN2O3S. The van der Waals surface area contributed by atoms with Gasteiger partial charge in [0.2, 0.25) is 0 Å². The molecule has 0 atom stereocenters. The van der Waals surface area contributed by atoms with Crippen LogP contribution in [0.1, 0.15) is 21.5 Å². The summed E-state index contributed by atoms with van der Waals surface area (Å²) in [7, 11) is 3.94. The molecule has 3 aromatic rings. The summed E-state index contributed by atoms with van der Waals surface area (Å²) in [5.74, 6) is 0.419. The summed E-state index contributed by atoms with van der Waals surface area (Å²) < 4.78 is 0. The normalized spacial score (nSPS) is 11.3. The molecule has 5 nitrogen and oxygen atoms in total. The Bertz CT molecular complexity index is 1090. The number of rotatable bonds is 8. The second kappa shape index (κ2) is 10.3. The zero-order chi connectivity index (χ0) is 22.4. The molecule has 0 N–H and O–H groups in total. The summed E-state index contributed by atoms with van der Waals surface area (Å²) >= 11 is 7.38. The molecule has 0 aliphatic carbocycles. The van der Waals surface area contributed by atoms with Gasteiger partial charge in [0, 0.05) is 48.3 Å². The van der Waals surface area contributed by atoms with Crippen LogP contribution in [0.5, 0.6) is 0 Å². The van der Waals surface area contributed by atoms with Gasteiger partial charge in [-0.15, -0.1) is 11.8 Å². The van der Waals surface area contributed by atoms with Gasteiger partial charge in [-0.05, 0) is 53.6 Å². The SMILES string of the molecule is CN(C)c1ccc(/C=C(/SCc2ccc(Cl)cc2)C(=O)c2ccc([N+](=O)[O-])cc2)cc1. The van der Waals surface area contributed by atoms with Crippen molar-refractivity contribution in [2.24, 2.45) is 0 Å². The number of thioether (sulfide) groups is 1. The predicted molar refractivity (Wildman–Crippen MR) is 129 cm³/mol. The van der Waals surface area contributed by atoms with E-state index in [9.17, 15) is 14.9 Å². The molecule has 0 bridgehead atoms. The molecule has 31 heavy (non-hydrogen) atoms. The Balaban J connectivity index is 1.89. The number of nitro benzene ring substituents is 1. The monoisotopic (exact) mass is 452 g/mol. The van der Waals surface area contributed by atoms with E-state index < -0.39 is 4.92 Å². The number of anilines is 1. The number of hydrogen-bond donors (Lipinski definition) is 0. The van der Waals surface area contributed by atoms with Crippen LogP contribution in [-0.4, -0.2) is 24.8 Å². The first-order valence-electron chi connectivity index (χ1n) is 9.49. The van der Waals surface area contributed by atoms with Gasteiger partial charge in [0.15, 0.2) is 5.78 Å². The van der Waals surface area contributed by atoms with Gasteiger partial charge in [0.05, 0.1) is 9.83 Å². The van der Waals surface area contributed by atoms with Crippen LogP contribution >= 0.6 is 23.4 Å². The predicted octanol–water partition coefficient (Wildman–Crippen LogP) is 6.47. The van der Waals surface area contributed by atoms with E-state index in [1.54, 1.807) is 0 Å². The number of nitro groups is 1. The van der Waals surface area contributed by atoms with Crippen LogP contribution in [0.25, 0.3) is 6.08 Å². The maximum Gasteiger partial charge on any atom is 0.269 e. The molecule has 0 aliphatic rings. The highest BCUT2D eigenvalue weighted by Gasteiger charge is 2.15. The average Bonchev–Trinajstić information content (AvgIpc) is 2.77. The van der Waals surface area contributed by atoms with Gasteiger partial charge in [-0.3, -0.25) is 14.9 Å². The lowest BCUT2D eigenvalue weighted by atomic mass is 10.1. The van der Waals surface area contributed by atoms with Gasteiger partial charge in [-0.2, -0.15) is 0 Å². The van der Waals surface area contributed by atoms with Crippen molar-refractivity contribution < 1.29 is 9.72 Å². The highest BCUT2D eigenvalue weighted by Crippen LogP contribution is 2.29. The van der Waals surface area contributed by atoms with Crippen molar-refractivity contribution >= 4 is 46.6 Å². The summed E-state index contributed by atoms with van der Waals surface area (Å²) in [6, 6.07) is 21.1. The first-order valence-corrected chi connectivity index (χ1v) is 10.9. The minimum Gasteiger partial charge on any atom is -0.378 e. The number of hydrogen-bond acceptors (Lipinski definition) is 5. The fraction of sp³-hybridized carbons (Fsp3) is 0.125. The number of carbonyl (C=O) groups excluding carboxylic acids is 1. The maximum atomic E-state index is 13.2. The van der Waals surface area contributed by atoms with Crippen LogP contribution in [0.2, 0.25) is 5.02 Å². The lowest BCUT2D eigenvalue weighted by Crippen LogP contribution is -2.08. The quantitative estimate of drug-likeness (QED) is 0.169. The summed E-state index contributed by atoms with van der Waals surface area (Å²) in [6.07, 6.45) is 1.85. The van der Waals surface area contributed by atoms with E-state index in [-0.39, 0.29) is 11.5 Å². The Morgan fingerprint density at radius 3 is 2.16 bits per heavy atom. The van der Waals surface area contributed by atoms with Gasteiger partial charge in [0.25, 0.3) is 5.69 Å². The van der Waals surface area contributed by atoms with Crippen LogP contribution in [0, 0.1) is 10.1 Å². The lowest BCUT2D eigenvalue weighted by molar-refractivity contribution is -0.384. The second-order valence-electron chi connectivity index (χ2n) is 7.04. The van der Waals surface area contributed by atoms with Crippen molar-refractivity contribution in [2.45, 2.75) is 5.75 Å². The standard InChI is InChI=1S/C24H21ClN2O3S/c1-26(2)21-11-5-17(6-12-21)15-23(31-16-18-3-9-20(25)10-4-18)24(28)19-7-13-22(14-8-19)27(29)30/h3-15H,16H2,1-2H3/b23-15+. The molecule has 158 valence electrons. The third kappa shape index (κ3) is 6.20. The second-order valence-corrected chi connectivity index (χ2v) is 8.50. The molecule has 0 amide bonds. The highest BCUT2D eigenvalue weighted by atomic mass is 35.5.